The third kappa shape index (κ3) is 4.96. The van der Waals surface area contributed by atoms with Crippen LogP contribution >= 0.6 is 27.3 Å². The zero-order valence-corrected chi connectivity index (χ0v) is 14.4. The number of anilines is 1. The first-order valence-corrected chi connectivity index (χ1v) is 8.46. The van der Waals surface area contributed by atoms with E-state index in [4.69, 9.17) is 4.74 Å². The van der Waals surface area contributed by atoms with Crippen molar-refractivity contribution < 1.29 is 14.3 Å². The molecule has 0 spiro atoms. The first-order chi connectivity index (χ1) is 10.6. The van der Waals surface area contributed by atoms with Gasteiger partial charge in [0, 0.05) is 17.4 Å². The van der Waals surface area contributed by atoms with Gasteiger partial charge in [0.2, 0.25) is 0 Å². The number of ether oxygens (including phenoxy) is 1. The fraction of sp³-hybridized carbons (Fsp3) is 0.357. The molecule has 2 rings (SSSR count). The van der Waals surface area contributed by atoms with Crippen LogP contribution in [0.3, 0.4) is 0 Å². The van der Waals surface area contributed by atoms with Crippen molar-refractivity contribution >= 4 is 54.6 Å². The summed E-state index contributed by atoms with van der Waals surface area (Å²) in [6.45, 7) is 2.54. The molecule has 1 aromatic carbocycles. The van der Waals surface area contributed by atoms with Crippen LogP contribution in [0, 0.1) is 0 Å². The van der Waals surface area contributed by atoms with E-state index in [0.717, 1.165) is 14.7 Å². The molecule has 118 valence electrons. The van der Waals surface area contributed by atoms with Crippen LogP contribution in [0.1, 0.15) is 19.8 Å². The van der Waals surface area contributed by atoms with E-state index >= 15 is 0 Å². The molecule has 0 fully saturated rings. The monoisotopic (exact) mass is 385 g/mol. The van der Waals surface area contributed by atoms with Crippen LogP contribution in [0.25, 0.3) is 10.2 Å². The van der Waals surface area contributed by atoms with Gasteiger partial charge < -0.3 is 10.1 Å². The second-order valence-corrected chi connectivity index (χ2v) is 6.37. The number of urea groups is 1. The van der Waals surface area contributed by atoms with Crippen molar-refractivity contribution in [1.82, 2.24) is 10.3 Å². The van der Waals surface area contributed by atoms with E-state index in [1.54, 1.807) is 6.92 Å². The highest BCUT2D eigenvalue weighted by Crippen LogP contribution is 2.28. The van der Waals surface area contributed by atoms with Crippen LogP contribution in [0.4, 0.5) is 9.93 Å². The maximum Gasteiger partial charge on any atom is 0.321 e. The van der Waals surface area contributed by atoms with Gasteiger partial charge in [-0.1, -0.05) is 27.3 Å². The smallest absolute Gasteiger partial charge is 0.321 e. The van der Waals surface area contributed by atoms with Gasteiger partial charge in [-0.05, 0) is 31.5 Å². The third-order valence-corrected chi connectivity index (χ3v) is 4.15. The number of esters is 1. The molecular weight excluding hydrogens is 370 g/mol. The van der Waals surface area contributed by atoms with E-state index in [1.807, 2.05) is 18.2 Å². The Bertz CT molecular complexity index is 674. The number of aromatic nitrogens is 1. The van der Waals surface area contributed by atoms with Gasteiger partial charge in [-0.3, -0.25) is 10.1 Å². The summed E-state index contributed by atoms with van der Waals surface area (Å²) in [6, 6.07) is 5.41. The highest BCUT2D eigenvalue weighted by molar-refractivity contribution is 9.10. The molecule has 0 bridgehead atoms. The van der Waals surface area contributed by atoms with Gasteiger partial charge in [-0.15, -0.1) is 0 Å². The van der Waals surface area contributed by atoms with Crippen LogP contribution in [0.2, 0.25) is 0 Å². The second kappa shape index (κ2) is 8.09. The highest BCUT2D eigenvalue weighted by Gasteiger charge is 2.08. The van der Waals surface area contributed by atoms with Gasteiger partial charge in [0.15, 0.2) is 5.13 Å². The Morgan fingerprint density at radius 1 is 1.41 bits per heavy atom. The quantitative estimate of drug-likeness (QED) is 0.588. The summed E-state index contributed by atoms with van der Waals surface area (Å²) < 4.78 is 6.77. The maximum absolute atomic E-state index is 11.7. The molecule has 22 heavy (non-hydrogen) atoms. The normalized spacial score (nSPS) is 10.5. The number of carbonyl (C=O) groups is 2. The average molecular weight is 386 g/mol. The molecule has 0 radical (unpaired) electrons. The van der Waals surface area contributed by atoms with Crippen molar-refractivity contribution in [1.29, 1.82) is 0 Å². The summed E-state index contributed by atoms with van der Waals surface area (Å²) in [5, 5.41) is 5.91. The predicted molar refractivity (Wildman–Crippen MR) is 90.2 cm³/mol. The molecule has 0 aliphatic carbocycles. The van der Waals surface area contributed by atoms with Crippen molar-refractivity contribution in [3.8, 4) is 0 Å². The van der Waals surface area contributed by atoms with Gasteiger partial charge in [-0.25, -0.2) is 9.78 Å². The summed E-state index contributed by atoms with van der Waals surface area (Å²) >= 11 is 4.80. The number of rotatable bonds is 6. The molecule has 0 unspecified atom stereocenters. The Labute approximate surface area is 140 Å². The Balaban J connectivity index is 1.77. The molecule has 1 aromatic heterocycles. The molecule has 0 saturated carbocycles. The van der Waals surface area contributed by atoms with Crippen LogP contribution in [0.5, 0.6) is 0 Å². The van der Waals surface area contributed by atoms with Gasteiger partial charge >= 0.3 is 12.0 Å². The highest BCUT2D eigenvalue weighted by atomic mass is 79.9. The lowest BCUT2D eigenvalue weighted by atomic mass is 10.3. The summed E-state index contributed by atoms with van der Waals surface area (Å²) in [4.78, 5) is 27.2. The third-order valence-electron chi connectivity index (χ3n) is 2.72. The number of hydrogen-bond acceptors (Lipinski definition) is 5. The lowest BCUT2D eigenvalue weighted by molar-refractivity contribution is -0.143. The van der Waals surface area contributed by atoms with Crippen molar-refractivity contribution in [2.24, 2.45) is 0 Å². The molecule has 0 atom stereocenters. The van der Waals surface area contributed by atoms with Crippen molar-refractivity contribution in [3.63, 3.8) is 0 Å². The lowest BCUT2D eigenvalue weighted by Crippen LogP contribution is -2.29. The number of benzene rings is 1. The summed E-state index contributed by atoms with van der Waals surface area (Å²) in [7, 11) is 0. The number of nitrogens with zero attached hydrogens (tertiary/aromatic N) is 1. The van der Waals surface area contributed by atoms with Crippen LogP contribution in [-0.2, 0) is 9.53 Å². The Morgan fingerprint density at radius 2 is 2.23 bits per heavy atom. The second-order valence-electron chi connectivity index (χ2n) is 4.42. The Kier molecular flexibility index (Phi) is 6.14. The van der Waals surface area contributed by atoms with Gasteiger partial charge in [-0.2, -0.15) is 0 Å². The lowest BCUT2D eigenvalue weighted by Gasteiger charge is -2.05. The SMILES string of the molecule is CCOC(=O)CCCNC(=O)Nc1nc2ccc(Br)cc2s1. The molecule has 2 N–H and O–H groups in total. The molecule has 1 heterocycles. The first kappa shape index (κ1) is 16.7. The van der Waals surface area contributed by atoms with Gasteiger partial charge in [0.25, 0.3) is 0 Å². The minimum Gasteiger partial charge on any atom is -0.466 e. The van der Waals surface area contributed by atoms with Gasteiger partial charge in [0.1, 0.15) is 0 Å². The fourth-order valence-electron chi connectivity index (χ4n) is 1.76. The minimum absolute atomic E-state index is 0.249. The van der Waals surface area contributed by atoms with Crippen LogP contribution < -0.4 is 10.6 Å². The fourth-order valence-corrected chi connectivity index (χ4v) is 3.17. The number of fused-ring (bicyclic) bond motifs is 1. The Morgan fingerprint density at radius 3 is 3.00 bits per heavy atom. The number of carbonyl (C=O) groups excluding carboxylic acids is 2. The van der Waals surface area contributed by atoms with E-state index in [2.05, 4.69) is 31.5 Å². The van der Waals surface area contributed by atoms with E-state index in [9.17, 15) is 9.59 Å². The summed E-state index contributed by atoms with van der Waals surface area (Å²) in [5.74, 6) is -0.249. The van der Waals surface area contributed by atoms with Crippen LogP contribution in [0.15, 0.2) is 22.7 Å². The zero-order valence-electron chi connectivity index (χ0n) is 12.0. The van der Waals surface area contributed by atoms with Crippen molar-refractivity contribution in [2.75, 3.05) is 18.5 Å². The Hall–Kier alpha value is -1.67. The van der Waals surface area contributed by atoms with E-state index < -0.39 is 0 Å². The molecule has 6 nitrogen and oxygen atoms in total. The predicted octanol–water partition coefficient (Wildman–Crippen LogP) is 3.52. The largest absolute Gasteiger partial charge is 0.466 e. The van der Waals surface area contributed by atoms with E-state index in [1.165, 1.54) is 11.3 Å². The number of hydrogen-bond donors (Lipinski definition) is 2. The number of thiazole rings is 1. The molecule has 8 heteroatoms. The minimum atomic E-state index is -0.331. The molecule has 0 aliphatic heterocycles. The van der Waals surface area contributed by atoms with Crippen molar-refractivity contribution in [3.05, 3.63) is 22.7 Å². The van der Waals surface area contributed by atoms with E-state index in [-0.39, 0.29) is 12.0 Å². The molecule has 0 saturated heterocycles. The molecular formula is C14H16BrN3O3S. The zero-order chi connectivity index (χ0) is 15.9. The molecule has 0 aliphatic rings. The average Bonchev–Trinajstić information content (AvgIpc) is 2.85. The topological polar surface area (TPSA) is 80.3 Å². The molecule has 2 aromatic rings. The summed E-state index contributed by atoms with van der Waals surface area (Å²) in [5.41, 5.74) is 0.839. The number of halogens is 1. The number of nitrogens with one attached hydrogen (secondary N) is 2. The maximum atomic E-state index is 11.7. The standard InChI is InChI=1S/C14H16BrN3O3S/c1-2-21-12(19)4-3-7-16-13(20)18-14-17-10-6-5-9(15)8-11(10)22-14/h5-6,8H,2-4,7H2,1H3,(H2,16,17,18,20). The summed E-state index contributed by atoms with van der Waals surface area (Å²) in [6.07, 6.45) is 0.836. The van der Waals surface area contributed by atoms with Crippen LogP contribution in [-0.4, -0.2) is 30.1 Å². The van der Waals surface area contributed by atoms with E-state index in [0.29, 0.717) is 31.1 Å². The number of amides is 2. The van der Waals surface area contributed by atoms with Gasteiger partial charge in [0.05, 0.1) is 16.8 Å². The first-order valence-electron chi connectivity index (χ1n) is 6.85. The molecule has 2 amide bonds. The van der Waals surface area contributed by atoms with Crippen molar-refractivity contribution in [2.45, 2.75) is 19.8 Å².